The van der Waals surface area contributed by atoms with Crippen LogP contribution >= 0.6 is 11.3 Å². The highest BCUT2D eigenvalue weighted by molar-refractivity contribution is 7.11. The van der Waals surface area contributed by atoms with Crippen LogP contribution in [0.2, 0.25) is 0 Å². The molecule has 19 heavy (non-hydrogen) atoms. The number of hydrogen-bond donors (Lipinski definition) is 1. The Morgan fingerprint density at radius 3 is 2.42 bits per heavy atom. The quantitative estimate of drug-likeness (QED) is 0.866. The molecule has 0 saturated carbocycles. The Morgan fingerprint density at radius 1 is 1.26 bits per heavy atom. The lowest BCUT2D eigenvalue weighted by Crippen LogP contribution is -2.18. The van der Waals surface area contributed by atoms with E-state index in [1.807, 2.05) is 13.8 Å². The van der Waals surface area contributed by atoms with Gasteiger partial charge in [-0.2, -0.15) is 0 Å². The fourth-order valence-electron chi connectivity index (χ4n) is 1.64. The van der Waals surface area contributed by atoms with Gasteiger partial charge >= 0.3 is 0 Å². The fourth-order valence-corrected chi connectivity index (χ4v) is 2.44. The predicted molar refractivity (Wildman–Crippen MR) is 68.4 cm³/mol. The first kappa shape index (κ1) is 14.0. The van der Waals surface area contributed by atoms with E-state index >= 15 is 0 Å². The number of aryl methyl sites for hydroxylation is 1. The Hall–Kier alpha value is -1.40. The van der Waals surface area contributed by atoms with Crippen molar-refractivity contribution in [3.05, 3.63) is 51.2 Å². The third kappa shape index (κ3) is 3.33. The smallest absolute Gasteiger partial charge is 0.194 e. The molecule has 0 aliphatic heterocycles. The van der Waals surface area contributed by atoms with Crippen molar-refractivity contribution in [1.29, 1.82) is 0 Å². The number of nitrogens with zero attached hydrogens (tertiary/aromatic N) is 1. The topological polar surface area (TPSA) is 24.9 Å². The average Bonchev–Trinajstić information content (AvgIpc) is 2.79. The third-order valence-corrected chi connectivity index (χ3v) is 3.76. The summed E-state index contributed by atoms with van der Waals surface area (Å²) < 4.78 is 38.9. The van der Waals surface area contributed by atoms with Crippen molar-refractivity contribution in [2.75, 3.05) is 0 Å². The molecule has 0 radical (unpaired) electrons. The Labute approximate surface area is 113 Å². The second kappa shape index (κ2) is 5.71. The van der Waals surface area contributed by atoms with Crippen molar-refractivity contribution in [1.82, 2.24) is 10.3 Å². The maximum Gasteiger partial charge on any atom is 0.194 e. The summed E-state index contributed by atoms with van der Waals surface area (Å²) in [6.45, 7) is 4.11. The summed E-state index contributed by atoms with van der Waals surface area (Å²) in [5.74, 6) is -3.78. The Morgan fingerprint density at radius 2 is 1.89 bits per heavy atom. The molecule has 2 aromatic rings. The van der Waals surface area contributed by atoms with Crippen molar-refractivity contribution in [3.63, 3.8) is 0 Å². The van der Waals surface area contributed by atoms with E-state index in [1.54, 1.807) is 17.5 Å². The number of halogens is 3. The van der Waals surface area contributed by atoms with E-state index in [0.717, 1.165) is 22.0 Å². The minimum absolute atomic E-state index is 0.0325. The van der Waals surface area contributed by atoms with Crippen molar-refractivity contribution in [2.24, 2.45) is 0 Å². The molecule has 0 spiro atoms. The second-order valence-electron chi connectivity index (χ2n) is 4.29. The number of thiazole rings is 1. The molecule has 1 aromatic carbocycles. The second-order valence-corrected chi connectivity index (χ2v) is 5.55. The molecule has 102 valence electrons. The number of rotatable bonds is 4. The molecule has 0 amide bonds. The van der Waals surface area contributed by atoms with Crippen LogP contribution in [0.4, 0.5) is 13.2 Å². The lowest BCUT2D eigenvalue weighted by Gasteiger charge is -2.11. The van der Waals surface area contributed by atoms with Crippen molar-refractivity contribution >= 4 is 11.3 Å². The summed E-state index contributed by atoms with van der Waals surface area (Å²) in [7, 11) is 0. The Balaban J connectivity index is 2.03. The van der Waals surface area contributed by atoms with E-state index in [0.29, 0.717) is 5.56 Å². The molecule has 2 nitrogen and oxygen atoms in total. The monoisotopic (exact) mass is 286 g/mol. The minimum atomic E-state index is -1.44. The van der Waals surface area contributed by atoms with Gasteiger partial charge in [0.1, 0.15) is 5.01 Å². The first-order valence-electron chi connectivity index (χ1n) is 5.76. The van der Waals surface area contributed by atoms with Gasteiger partial charge in [0.25, 0.3) is 0 Å². The normalized spacial score (nSPS) is 12.7. The number of benzene rings is 1. The average molecular weight is 286 g/mol. The molecule has 0 aliphatic rings. The zero-order chi connectivity index (χ0) is 14.0. The molecule has 1 N–H and O–H groups in total. The molecule has 0 fully saturated rings. The van der Waals surface area contributed by atoms with E-state index in [-0.39, 0.29) is 12.6 Å². The highest BCUT2D eigenvalue weighted by atomic mass is 32.1. The molecule has 1 atom stereocenters. The molecule has 0 bridgehead atoms. The molecule has 1 heterocycles. The minimum Gasteiger partial charge on any atom is -0.304 e. The maximum absolute atomic E-state index is 13.0. The van der Waals surface area contributed by atoms with Crippen LogP contribution in [0.15, 0.2) is 18.3 Å². The van der Waals surface area contributed by atoms with Crippen molar-refractivity contribution in [3.8, 4) is 0 Å². The summed E-state index contributed by atoms with van der Waals surface area (Å²) in [4.78, 5) is 5.32. The van der Waals surface area contributed by atoms with Gasteiger partial charge in [0, 0.05) is 17.6 Å². The largest absolute Gasteiger partial charge is 0.304 e. The molecular weight excluding hydrogens is 273 g/mol. The van der Waals surface area contributed by atoms with Gasteiger partial charge in [-0.1, -0.05) is 0 Å². The van der Waals surface area contributed by atoms with Crippen LogP contribution in [0, 0.1) is 24.4 Å². The van der Waals surface area contributed by atoms with Gasteiger partial charge in [-0.25, -0.2) is 18.2 Å². The maximum atomic E-state index is 13.0. The van der Waals surface area contributed by atoms with Gasteiger partial charge in [-0.3, -0.25) is 0 Å². The van der Waals surface area contributed by atoms with Gasteiger partial charge in [0.15, 0.2) is 17.5 Å². The molecule has 6 heteroatoms. The number of nitrogens with one attached hydrogen (secondary N) is 1. The van der Waals surface area contributed by atoms with Gasteiger partial charge in [-0.05, 0) is 31.5 Å². The van der Waals surface area contributed by atoms with E-state index in [1.165, 1.54) is 0 Å². The summed E-state index contributed by atoms with van der Waals surface area (Å²) in [5.41, 5.74) is 0.358. The van der Waals surface area contributed by atoms with E-state index in [9.17, 15) is 13.2 Å². The van der Waals surface area contributed by atoms with Crippen LogP contribution < -0.4 is 5.32 Å². The van der Waals surface area contributed by atoms with Crippen LogP contribution in [-0.2, 0) is 6.54 Å². The molecule has 1 aromatic heterocycles. The summed E-state index contributed by atoms with van der Waals surface area (Å²) in [6.07, 6.45) is 1.77. The molecular formula is C13H13F3N2S. The zero-order valence-corrected chi connectivity index (χ0v) is 11.3. The first-order valence-corrected chi connectivity index (χ1v) is 6.58. The zero-order valence-electron chi connectivity index (χ0n) is 10.5. The first-order chi connectivity index (χ1) is 8.97. The van der Waals surface area contributed by atoms with Gasteiger partial charge < -0.3 is 5.32 Å². The van der Waals surface area contributed by atoms with Crippen LogP contribution in [0.5, 0.6) is 0 Å². The van der Waals surface area contributed by atoms with E-state index in [2.05, 4.69) is 10.3 Å². The number of aromatic nitrogens is 1. The molecule has 0 saturated heterocycles. The summed E-state index contributed by atoms with van der Waals surface area (Å²) >= 11 is 1.56. The Kier molecular flexibility index (Phi) is 4.21. The highest BCUT2D eigenvalue weighted by Crippen LogP contribution is 2.20. The van der Waals surface area contributed by atoms with E-state index in [4.69, 9.17) is 0 Å². The van der Waals surface area contributed by atoms with Crippen LogP contribution in [0.3, 0.4) is 0 Å². The predicted octanol–water partition coefficient (Wildman–Crippen LogP) is 3.72. The summed E-state index contributed by atoms with van der Waals surface area (Å²) in [6, 6.07) is 1.95. The molecule has 1 unspecified atom stereocenters. The van der Waals surface area contributed by atoms with Crippen molar-refractivity contribution < 1.29 is 13.2 Å². The molecule has 2 rings (SSSR count). The van der Waals surface area contributed by atoms with Gasteiger partial charge in [-0.15, -0.1) is 11.3 Å². The standard InChI is InChI=1S/C13H13F3N2S/c1-7-5-18-13(19-7)8(2)17-6-9-3-10(14)12(16)11(15)4-9/h3-5,8,17H,6H2,1-2H3. The summed E-state index contributed by atoms with van der Waals surface area (Å²) in [5, 5.41) is 4.00. The fraction of sp³-hybridized carbons (Fsp3) is 0.308. The lowest BCUT2D eigenvalue weighted by atomic mass is 10.2. The van der Waals surface area contributed by atoms with Crippen molar-refractivity contribution in [2.45, 2.75) is 26.4 Å². The van der Waals surface area contributed by atoms with Crippen LogP contribution in [0.1, 0.15) is 28.4 Å². The van der Waals surface area contributed by atoms with Gasteiger partial charge in [0.2, 0.25) is 0 Å². The SMILES string of the molecule is Cc1cnc(C(C)NCc2cc(F)c(F)c(F)c2)s1. The van der Waals surface area contributed by atoms with Gasteiger partial charge in [0.05, 0.1) is 6.04 Å². The highest BCUT2D eigenvalue weighted by Gasteiger charge is 2.12. The van der Waals surface area contributed by atoms with Crippen LogP contribution in [-0.4, -0.2) is 4.98 Å². The third-order valence-electron chi connectivity index (χ3n) is 2.67. The lowest BCUT2D eigenvalue weighted by molar-refractivity contribution is 0.443. The number of hydrogen-bond acceptors (Lipinski definition) is 3. The molecule has 0 aliphatic carbocycles. The Bertz CT molecular complexity index is 560. The van der Waals surface area contributed by atoms with E-state index < -0.39 is 17.5 Å². The van der Waals surface area contributed by atoms with Crippen LogP contribution in [0.25, 0.3) is 0 Å².